The molecule has 1 spiro atoms. The summed E-state index contributed by atoms with van der Waals surface area (Å²) in [7, 11) is 0. The van der Waals surface area contributed by atoms with Gasteiger partial charge in [-0.25, -0.2) is 24.2 Å². The number of nitrogens with one attached hydrogen (secondary N) is 6. The van der Waals surface area contributed by atoms with Gasteiger partial charge in [0, 0.05) is 78.1 Å². The van der Waals surface area contributed by atoms with Gasteiger partial charge in [0.25, 0.3) is 11.5 Å². The number of hydrogen-bond donors (Lipinski definition) is 10. The van der Waals surface area contributed by atoms with Crippen LogP contribution in [0.1, 0.15) is 87.3 Å². The number of H-pyrrole nitrogens is 1. The Morgan fingerprint density at radius 2 is 1.43 bits per heavy atom. The number of amides is 4. The first-order chi connectivity index (χ1) is 39.1. The molecule has 0 saturated heterocycles. The number of ether oxygens (including phenoxy) is 4. The lowest BCUT2D eigenvalue weighted by Gasteiger charge is -2.36. The molecule has 3 aromatic heterocycles. The Labute approximate surface area is 459 Å². The lowest BCUT2D eigenvalue weighted by molar-refractivity contribution is -0.139. The van der Waals surface area contributed by atoms with Gasteiger partial charge >= 0.3 is 11.9 Å². The van der Waals surface area contributed by atoms with Crippen LogP contribution in [0.2, 0.25) is 0 Å². The molecular formula is C54H55N13O14. The average Bonchev–Trinajstić information content (AvgIpc) is 2.35. The second-order valence-electron chi connectivity index (χ2n) is 18.7. The lowest BCUT2D eigenvalue weighted by atomic mass is 9.77. The van der Waals surface area contributed by atoms with Gasteiger partial charge in [0.2, 0.25) is 23.7 Å². The Kier molecular flexibility index (Phi) is 17.3. The number of aliphatic carboxylic acids is 1. The number of nitrogen functional groups attached to an aromatic ring is 1. The first-order valence-corrected chi connectivity index (χ1v) is 25.6. The number of benzene rings is 4. The van der Waals surface area contributed by atoms with Crippen LogP contribution < -0.4 is 42.6 Å². The number of hydrogen-bond acceptors (Lipinski definition) is 20. The van der Waals surface area contributed by atoms with Crippen molar-refractivity contribution in [2.24, 2.45) is 0 Å². The fourth-order valence-corrected chi connectivity index (χ4v) is 9.02. The summed E-state index contributed by atoms with van der Waals surface area (Å²) in [5, 5.41) is 52.1. The summed E-state index contributed by atoms with van der Waals surface area (Å²) in [6, 6.07) is 18.9. The van der Waals surface area contributed by atoms with Crippen LogP contribution >= 0.6 is 0 Å². The number of nitrogens with two attached hydrogens (primary N) is 1. The molecule has 1 unspecified atom stereocenters. The Morgan fingerprint density at radius 3 is 2.15 bits per heavy atom. The Hall–Kier alpha value is -10.0. The number of carbonyl (C=O) groups is 6. The van der Waals surface area contributed by atoms with E-state index in [-0.39, 0.29) is 154 Å². The second kappa shape index (κ2) is 25.2. The lowest BCUT2D eigenvalue weighted by Crippen LogP contribution is -2.41. The summed E-state index contributed by atoms with van der Waals surface area (Å²) >= 11 is 0. The molecule has 2 aliphatic heterocycles. The van der Waals surface area contributed by atoms with E-state index in [0.29, 0.717) is 46.0 Å². The number of carboxylic acids is 1. The van der Waals surface area contributed by atoms with Crippen molar-refractivity contribution in [2.75, 3.05) is 49.3 Å². The third kappa shape index (κ3) is 13.6. The van der Waals surface area contributed by atoms with Gasteiger partial charge in [-0.15, -0.1) is 5.10 Å². The number of carboxylic acid groups (broad SMARTS) is 1. The van der Waals surface area contributed by atoms with Crippen LogP contribution in [0.5, 0.6) is 23.0 Å². The monoisotopic (exact) mass is 1110 g/mol. The number of aromatic hydroxyl groups is 2. The van der Waals surface area contributed by atoms with E-state index in [4.69, 9.17) is 24.7 Å². The highest BCUT2D eigenvalue weighted by Crippen LogP contribution is 2.57. The zero-order valence-corrected chi connectivity index (χ0v) is 43.2. The number of anilines is 3. The van der Waals surface area contributed by atoms with Crippen molar-refractivity contribution in [3.05, 3.63) is 141 Å². The first kappa shape index (κ1) is 55.7. The van der Waals surface area contributed by atoms with E-state index in [2.05, 4.69) is 56.8 Å². The molecule has 7 aromatic rings. The zero-order valence-electron chi connectivity index (χ0n) is 43.2. The number of nitrogens with zero attached hydrogens (tertiary/aromatic N) is 6. The van der Waals surface area contributed by atoms with E-state index in [0.717, 1.165) is 0 Å². The van der Waals surface area contributed by atoms with Gasteiger partial charge in [-0.2, -0.15) is 4.98 Å². The molecule has 1 atom stereocenters. The standard InChI is InChI=1S/C54H55N13O14/c55-53-63-48-47(50(74)64-53)61-33(27-59-48)26-58-31-9-7-30(8-10-31)49(73)62-41(51(75)76)3-1-4-44(70)57-18-21-79-29-34-28-67(66-65-34)19-22-78-20-17-56-45(71)5-2-6-46(72)60-32-11-14-38-37(23-32)52(77)81-54(38)39-15-12-35(68)24-42(39)80-43-25-36(69)13-16-40(43)54/h7-16,23-25,27-28,41,58,68-69H,1-6,17-22,26,29H2,(H,56,71)(H,57,70)(H,60,72)(H,62,73)(H,75,76)(H3,55,59,63,64,74). The quantitative estimate of drug-likeness (QED) is 0.0275. The minimum Gasteiger partial charge on any atom is -0.508 e. The van der Waals surface area contributed by atoms with Crippen LogP contribution in [0.3, 0.4) is 0 Å². The molecule has 11 N–H and O–H groups in total. The first-order valence-electron chi connectivity index (χ1n) is 25.6. The molecule has 9 rings (SSSR count). The fourth-order valence-electron chi connectivity index (χ4n) is 9.02. The van der Waals surface area contributed by atoms with Crippen LogP contribution in [0.25, 0.3) is 11.2 Å². The summed E-state index contributed by atoms with van der Waals surface area (Å²) in [6.07, 6.45) is 3.80. The van der Waals surface area contributed by atoms with E-state index in [1.807, 2.05) is 0 Å². The molecule has 27 heteroatoms. The molecule has 0 bridgehead atoms. The highest BCUT2D eigenvalue weighted by Gasteiger charge is 2.53. The summed E-state index contributed by atoms with van der Waals surface area (Å²) in [5.74, 6) is -3.08. The average molecular weight is 1110 g/mol. The summed E-state index contributed by atoms with van der Waals surface area (Å²) in [6.45, 7) is 1.88. The molecule has 5 heterocycles. The van der Waals surface area contributed by atoms with E-state index in [1.54, 1.807) is 47.3 Å². The molecule has 420 valence electrons. The largest absolute Gasteiger partial charge is 0.508 e. The molecule has 0 fully saturated rings. The predicted octanol–water partition coefficient (Wildman–Crippen LogP) is 3.11. The molecular weight excluding hydrogens is 1050 g/mol. The molecule has 27 nitrogen and oxygen atoms in total. The molecule has 2 aliphatic rings. The van der Waals surface area contributed by atoms with Gasteiger partial charge in [-0.05, 0) is 79.9 Å². The van der Waals surface area contributed by atoms with Gasteiger partial charge in [0.05, 0.1) is 63.2 Å². The van der Waals surface area contributed by atoms with Crippen molar-refractivity contribution in [2.45, 2.75) is 69.9 Å². The summed E-state index contributed by atoms with van der Waals surface area (Å²) < 4.78 is 24.9. The van der Waals surface area contributed by atoms with E-state index >= 15 is 0 Å². The molecule has 81 heavy (non-hydrogen) atoms. The van der Waals surface area contributed by atoms with Crippen molar-refractivity contribution < 1.29 is 63.0 Å². The van der Waals surface area contributed by atoms with Crippen LogP contribution in [-0.4, -0.2) is 125 Å². The second-order valence-corrected chi connectivity index (χ2v) is 18.7. The SMILES string of the molecule is Nc1nc2ncc(CNc3ccc(C(=O)NC(CCCC(=O)NCCOCc4cn(CCOCCNC(=O)CCCC(=O)Nc5ccc6c(c5)C(=O)OC65c6ccc(O)cc6Oc6cc(O)ccc65)nn4)C(=O)O)cc3)nc2c(=O)[nH]1. The number of fused-ring (bicyclic) bond motifs is 7. The Bertz CT molecular complexity index is 3520. The van der Waals surface area contributed by atoms with Crippen molar-refractivity contribution in [3.8, 4) is 23.0 Å². The number of aromatic amines is 1. The molecule has 0 saturated carbocycles. The van der Waals surface area contributed by atoms with Gasteiger partial charge in [0.1, 0.15) is 34.7 Å². The van der Waals surface area contributed by atoms with Crippen LogP contribution in [0.15, 0.2) is 96.1 Å². The minimum atomic E-state index is -1.43. The number of phenols is 2. The molecule has 0 aliphatic carbocycles. The normalized spacial score (nSPS) is 13.0. The number of esters is 1. The fraction of sp³-hybridized carbons (Fsp3) is 0.296. The summed E-state index contributed by atoms with van der Waals surface area (Å²) in [5.41, 5.74) is 7.65. The van der Waals surface area contributed by atoms with Gasteiger partial charge in [-0.1, -0.05) is 11.3 Å². The number of rotatable bonds is 26. The van der Waals surface area contributed by atoms with E-state index < -0.39 is 35.0 Å². The third-order valence-electron chi connectivity index (χ3n) is 12.9. The Balaban J connectivity index is 0.594. The van der Waals surface area contributed by atoms with Crippen LogP contribution in [0.4, 0.5) is 17.3 Å². The maximum atomic E-state index is 13.4. The number of phenolic OH excluding ortho intramolecular Hbond substituents is 2. The van der Waals surface area contributed by atoms with Crippen LogP contribution in [0, 0.1) is 0 Å². The smallest absolute Gasteiger partial charge is 0.340 e. The van der Waals surface area contributed by atoms with Crippen LogP contribution in [-0.2, 0) is 58.7 Å². The number of carbonyl (C=O) groups excluding carboxylic acids is 5. The maximum absolute atomic E-state index is 13.4. The summed E-state index contributed by atoms with van der Waals surface area (Å²) in [4.78, 5) is 103. The van der Waals surface area contributed by atoms with E-state index in [1.165, 1.54) is 48.7 Å². The highest BCUT2D eigenvalue weighted by atomic mass is 16.6. The van der Waals surface area contributed by atoms with Crippen molar-refractivity contribution >= 4 is 64.1 Å². The Morgan fingerprint density at radius 1 is 0.765 bits per heavy atom. The third-order valence-corrected chi connectivity index (χ3v) is 12.9. The molecule has 4 aromatic carbocycles. The van der Waals surface area contributed by atoms with Crippen molar-refractivity contribution in [1.82, 2.24) is 50.9 Å². The van der Waals surface area contributed by atoms with Crippen molar-refractivity contribution in [1.29, 1.82) is 0 Å². The molecule has 0 radical (unpaired) electrons. The van der Waals surface area contributed by atoms with Crippen molar-refractivity contribution in [3.63, 3.8) is 0 Å². The predicted molar refractivity (Wildman–Crippen MR) is 286 cm³/mol. The minimum absolute atomic E-state index is 0.0181. The zero-order chi connectivity index (χ0) is 57.0. The maximum Gasteiger partial charge on any atom is 0.340 e. The molecule has 4 amide bonds. The van der Waals surface area contributed by atoms with Gasteiger partial charge in [0.15, 0.2) is 16.8 Å². The topological polar surface area (TPSA) is 388 Å². The van der Waals surface area contributed by atoms with E-state index in [9.17, 15) is 48.9 Å². The van der Waals surface area contributed by atoms with Gasteiger partial charge < -0.3 is 66.6 Å². The highest BCUT2D eigenvalue weighted by molar-refractivity contribution is 6.00. The number of aromatic nitrogens is 7. The van der Waals surface area contributed by atoms with Gasteiger partial charge in [-0.3, -0.25) is 29.0 Å².